The Hall–Kier alpha value is -3.26. The Morgan fingerprint density at radius 1 is 0.926 bits per heavy atom. The first-order chi connectivity index (χ1) is 12.8. The molecule has 0 fully saturated rings. The monoisotopic (exact) mass is 372 g/mol. The zero-order valence-corrected chi connectivity index (χ0v) is 14.2. The van der Waals surface area contributed by atoms with Gasteiger partial charge in [0.2, 0.25) is 11.7 Å². The molecule has 0 spiro atoms. The van der Waals surface area contributed by atoms with Gasteiger partial charge in [0.15, 0.2) is 5.82 Å². The van der Waals surface area contributed by atoms with Gasteiger partial charge in [0.05, 0.1) is 11.3 Å². The average molecular weight is 372 g/mol. The van der Waals surface area contributed by atoms with Crippen molar-refractivity contribution >= 4 is 11.7 Å². The van der Waals surface area contributed by atoms with E-state index < -0.39 is 17.9 Å². The first-order valence-electron chi connectivity index (χ1n) is 7.94. The molecule has 3 aromatic rings. The van der Waals surface area contributed by atoms with Gasteiger partial charge in [-0.3, -0.25) is 4.79 Å². The van der Waals surface area contributed by atoms with Gasteiger partial charge >= 0.3 is 6.18 Å². The number of rotatable bonds is 3. The third-order valence-corrected chi connectivity index (χ3v) is 3.82. The number of amides is 1. The molecule has 1 heterocycles. The fourth-order valence-electron chi connectivity index (χ4n) is 2.57. The van der Waals surface area contributed by atoms with Crippen molar-refractivity contribution in [2.24, 2.45) is 5.84 Å². The minimum Gasteiger partial charge on any atom is -0.273 e. The number of nitrogens with two attached hydrogens (primary N) is 1. The predicted molar refractivity (Wildman–Crippen MR) is 95.3 cm³/mol. The molecule has 138 valence electrons. The van der Waals surface area contributed by atoms with Crippen LogP contribution in [0.2, 0.25) is 0 Å². The zero-order valence-electron chi connectivity index (χ0n) is 14.2. The topological polar surface area (TPSA) is 72.1 Å². The normalized spacial score (nSPS) is 11.3. The Morgan fingerprint density at radius 2 is 1.44 bits per heavy atom. The van der Waals surface area contributed by atoms with Crippen molar-refractivity contribution in [3.8, 4) is 22.4 Å². The van der Waals surface area contributed by atoms with Gasteiger partial charge in [-0.2, -0.15) is 13.2 Å². The first-order valence-corrected chi connectivity index (χ1v) is 7.94. The Labute approximate surface area is 153 Å². The lowest BCUT2D eigenvalue weighted by Crippen LogP contribution is -2.37. The van der Waals surface area contributed by atoms with E-state index in [0.29, 0.717) is 16.1 Å². The zero-order chi connectivity index (χ0) is 19.6. The number of halogens is 3. The summed E-state index contributed by atoms with van der Waals surface area (Å²) < 4.78 is 40.2. The number of carbonyl (C=O) groups is 1. The molecule has 2 aromatic carbocycles. The van der Waals surface area contributed by atoms with E-state index in [1.807, 2.05) is 0 Å². The van der Waals surface area contributed by atoms with Crippen LogP contribution in [0.4, 0.5) is 19.0 Å². The minimum absolute atomic E-state index is 0.0378. The van der Waals surface area contributed by atoms with Crippen molar-refractivity contribution in [1.82, 2.24) is 9.97 Å². The van der Waals surface area contributed by atoms with E-state index in [0.717, 1.165) is 6.92 Å². The van der Waals surface area contributed by atoms with Crippen molar-refractivity contribution in [2.75, 3.05) is 5.01 Å². The van der Waals surface area contributed by atoms with Crippen LogP contribution in [0.25, 0.3) is 22.4 Å². The van der Waals surface area contributed by atoms with Crippen LogP contribution in [0.1, 0.15) is 12.7 Å². The molecule has 1 aromatic heterocycles. The predicted octanol–water partition coefficient (Wildman–Crippen LogP) is 4.06. The fourth-order valence-corrected chi connectivity index (χ4v) is 2.57. The van der Waals surface area contributed by atoms with Crippen LogP contribution >= 0.6 is 0 Å². The molecule has 0 saturated carbocycles. The van der Waals surface area contributed by atoms with Gasteiger partial charge in [-0.05, 0) is 5.56 Å². The van der Waals surface area contributed by atoms with Crippen LogP contribution < -0.4 is 10.9 Å². The lowest BCUT2D eigenvalue weighted by Gasteiger charge is -2.21. The second-order valence-electron chi connectivity index (χ2n) is 5.71. The van der Waals surface area contributed by atoms with E-state index in [9.17, 15) is 18.0 Å². The van der Waals surface area contributed by atoms with Crippen LogP contribution in [0.5, 0.6) is 0 Å². The molecular weight excluding hydrogens is 357 g/mol. The highest BCUT2D eigenvalue weighted by atomic mass is 19.4. The number of anilines is 1. The van der Waals surface area contributed by atoms with Gasteiger partial charge < -0.3 is 0 Å². The van der Waals surface area contributed by atoms with Gasteiger partial charge in [-0.15, -0.1) is 0 Å². The maximum Gasteiger partial charge on any atom is 0.451 e. The van der Waals surface area contributed by atoms with E-state index in [-0.39, 0.29) is 17.1 Å². The van der Waals surface area contributed by atoms with E-state index in [4.69, 9.17) is 5.84 Å². The highest BCUT2D eigenvalue weighted by Crippen LogP contribution is 2.39. The van der Waals surface area contributed by atoms with Gasteiger partial charge in [-0.1, -0.05) is 60.7 Å². The average Bonchev–Trinajstić information content (AvgIpc) is 2.67. The number of aromatic nitrogens is 2. The summed E-state index contributed by atoms with van der Waals surface area (Å²) in [6.45, 7) is 1.15. The summed E-state index contributed by atoms with van der Waals surface area (Å²) in [5.74, 6) is 3.43. The van der Waals surface area contributed by atoms with Crippen molar-refractivity contribution in [3.05, 3.63) is 66.5 Å². The molecule has 0 aliphatic heterocycles. The molecule has 0 radical (unpaired) electrons. The SMILES string of the molecule is CC(=O)N(N)c1nc(C(F)(F)F)nc(-c2ccccc2)c1-c1ccccc1. The van der Waals surface area contributed by atoms with E-state index >= 15 is 0 Å². The fraction of sp³-hybridized carbons (Fsp3) is 0.105. The van der Waals surface area contributed by atoms with Crippen molar-refractivity contribution in [1.29, 1.82) is 0 Å². The summed E-state index contributed by atoms with van der Waals surface area (Å²) in [5.41, 5.74) is 1.27. The standard InChI is InChI=1S/C19H15F3N4O/c1-12(27)26(23)17-15(13-8-4-2-5-9-13)16(14-10-6-3-7-11-14)24-18(25-17)19(20,21)22/h2-11H,23H2,1H3. The maximum atomic E-state index is 13.4. The van der Waals surface area contributed by atoms with Gasteiger partial charge in [-0.25, -0.2) is 20.8 Å². The summed E-state index contributed by atoms with van der Waals surface area (Å²) in [6, 6.07) is 17.0. The second kappa shape index (κ2) is 7.16. The molecule has 0 aliphatic rings. The van der Waals surface area contributed by atoms with E-state index in [1.165, 1.54) is 0 Å². The number of carbonyl (C=O) groups excluding carboxylic acids is 1. The van der Waals surface area contributed by atoms with Crippen LogP contribution in [0.3, 0.4) is 0 Å². The Kier molecular flexibility index (Phi) is 4.91. The van der Waals surface area contributed by atoms with Crippen molar-refractivity contribution < 1.29 is 18.0 Å². The molecule has 0 unspecified atom stereocenters. The Bertz CT molecular complexity index is 960. The lowest BCUT2D eigenvalue weighted by molar-refractivity contribution is -0.144. The van der Waals surface area contributed by atoms with Crippen LogP contribution in [0.15, 0.2) is 60.7 Å². The van der Waals surface area contributed by atoms with Crippen molar-refractivity contribution in [3.63, 3.8) is 0 Å². The molecule has 0 bridgehead atoms. The highest BCUT2D eigenvalue weighted by molar-refractivity contribution is 5.97. The Morgan fingerprint density at radius 3 is 1.93 bits per heavy atom. The number of nitrogens with zero attached hydrogens (tertiary/aromatic N) is 3. The molecule has 3 rings (SSSR count). The molecular formula is C19H15F3N4O. The number of hydrogen-bond donors (Lipinski definition) is 1. The maximum absolute atomic E-state index is 13.4. The summed E-state index contributed by atoms with van der Waals surface area (Å²) in [5, 5.41) is 0.603. The lowest BCUT2D eigenvalue weighted by atomic mass is 9.99. The molecule has 1 amide bonds. The van der Waals surface area contributed by atoms with Crippen LogP contribution in [-0.2, 0) is 11.0 Å². The third-order valence-electron chi connectivity index (χ3n) is 3.82. The van der Waals surface area contributed by atoms with E-state index in [2.05, 4.69) is 9.97 Å². The number of hydrogen-bond acceptors (Lipinski definition) is 4. The quantitative estimate of drug-likeness (QED) is 0.428. The molecule has 27 heavy (non-hydrogen) atoms. The molecule has 5 nitrogen and oxygen atoms in total. The third kappa shape index (κ3) is 3.80. The second-order valence-corrected chi connectivity index (χ2v) is 5.71. The number of alkyl halides is 3. The van der Waals surface area contributed by atoms with E-state index in [1.54, 1.807) is 60.7 Å². The minimum atomic E-state index is -4.80. The van der Waals surface area contributed by atoms with Gasteiger partial charge in [0.25, 0.3) is 0 Å². The molecule has 2 N–H and O–H groups in total. The van der Waals surface area contributed by atoms with Crippen LogP contribution in [0, 0.1) is 0 Å². The van der Waals surface area contributed by atoms with Crippen LogP contribution in [-0.4, -0.2) is 15.9 Å². The van der Waals surface area contributed by atoms with Gasteiger partial charge in [0, 0.05) is 12.5 Å². The highest BCUT2D eigenvalue weighted by Gasteiger charge is 2.37. The Balaban J connectivity index is 2.42. The molecule has 0 saturated heterocycles. The summed E-state index contributed by atoms with van der Waals surface area (Å²) >= 11 is 0. The number of benzene rings is 2. The largest absolute Gasteiger partial charge is 0.451 e. The first kappa shape index (κ1) is 18.5. The number of hydrazine groups is 1. The summed E-state index contributed by atoms with van der Waals surface area (Å²) in [4.78, 5) is 19.1. The van der Waals surface area contributed by atoms with Gasteiger partial charge in [0.1, 0.15) is 0 Å². The van der Waals surface area contributed by atoms with Crippen molar-refractivity contribution in [2.45, 2.75) is 13.1 Å². The molecule has 8 heteroatoms. The summed E-state index contributed by atoms with van der Waals surface area (Å²) in [7, 11) is 0. The molecule has 0 aliphatic carbocycles. The summed E-state index contributed by atoms with van der Waals surface area (Å²) in [6.07, 6.45) is -4.80. The smallest absolute Gasteiger partial charge is 0.273 e. The molecule has 0 atom stereocenters.